The minimum atomic E-state index is 0.661. The van der Waals surface area contributed by atoms with Crippen molar-refractivity contribution in [1.29, 1.82) is 0 Å². The summed E-state index contributed by atoms with van der Waals surface area (Å²) in [6, 6.07) is 13.1. The lowest BCUT2D eigenvalue weighted by atomic mass is 10.1. The van der Waals surface area contributed by atoms with Crippen LogP contribution in [0, 0.1) is 0 Å². The van der Waals surface area contributed by atoms with Crippen molar-refractivity contribution < 1.29 is 0 Å². The second-order valence-corrected chi connectivity index (χ2v) is 9.20. The molecule has 2 saturated heterocycles. The van der Waals surface area contributed by atoms with Gasteiger partial charge in [0.2, 0.25) is 5.95 Å². The highest BCUT2D eigenvalue weighted by Gasteiger charge is 2.24. The number of hydrogen-bond acceptors (Lipinski definition) is 6. The van der Waals surface area contributed by atoms with E-state index in [4.69, 9.17) is 4.98 Å². The number of aryl methyl sites for hydroxylation is 1. The van der Waals surface area contributed by atoms with E-state index in [0.29, 0.717) is 5.95 Å². The predicted molar refractivity (Wildman–Crippen MR) is 130 cm³/mol. The lowest BCUT2D eigenvalue weighted by Crippen LogP contribution is -2.44. The van der Waals surface area contributed by atoms with Crippen molar-refractivity contribution in [1.82, 2.24) is 19.4 Å². The zero-order valence-electron chi connectivity index (χ0n) is 18.8. The molecular formula is C25H31N7. The lowest BCUT2D eigenvalue weighted by molar-refractivity contribution is 0.313. The molecule has 3 aromatic rings. The van der Waals surface area contributed by atoms with Crippen molar-refractivity contribution in [2.75, 3.05) is 61.4 Å². The van der Waals surface area contributed by atoms with Crippen LogP contribution in [0.3, 0.4) is 0 Å². The summed E-state index contributed by atoms with van der Waals surface area (Å²) in [6.07, 6.45) is 5.56. The van der Waals surface area contributed by atoms with Gasteiger partial charge in [-0.3, -0.25) is 0 Å². The molecule has 32 heavy (non-hydrogen) atoms. The summed E-state index contributed by atoms with van der Waals surface area (Å²) in [5.41, 5.74) is 5.81. The second kappa shape index (κ2) is 8.13. The van der Waals surface area contributed by atoms with Gasteiger partial charge in [0.1, 0.15) is 5.82 Å². The Kier molecular flexibility index (Phi) is 4.98. The molecule has 0 atom stereocenters. The third-order valence-corrected chi connectivity index (χ3v) is 7.09. The van der Waals surface area contributed by atoms with E-state index in [-0.39, 0.29) is 0 Å². The molecule has 0 bridgehead atoms. The van der Waals surface area contributed by atoms with Gasteiger partial charge in [-0.1, -0.05) is 0 Å². The maximum absolute atomic E-state index is 4.93. The highest BCUT2D eigenvalue weighted by atomic mass is 15.3. The molecule has 7 heteroatoms. The van der Waals surface area contributed by atoms with Gasteiger partial charge in [0, 0.05) is 68.9 Å². The van der Waals surface area contributed by atoms with Gasteiger partial charge in [-0.25, -0.2) is 9.97 Å². The van der Waals surface area contributed by atoms with Gasteiger partial charge in [-0.2, -0.15) is 0 Å². The van der Waals surface area contributed by atoms with Crippen molar-refractivity contribution in [3.63, 3.8) is 0 Å². The van der Waals surface area contributed by atoms with E-state index in [1.807, 2.05) is 6.20 Å². The molecule has 0 aliphatic carbocycles. The molecule has 166 valence electrons. The van der Waals surface area contributed by atoms with Crippen LogP contribution in [-0.4, -0.2) is 65.8 Å². The molecule has 2 fully saturated rings. The van der Waals surface area contributed by atoms with E-state index in [1.165, 1.54) is 35.6 Å². The average molecular weight is 430 g/mol. The summed E-state index contributed by atoms with van der Waals surface area (Å²) < 4.78 is 2.44. The zero-order valence-corrected chi connectivity index (χ0v) is 18.8. The Morgan fingerprint density at radius 2 is 1.59 bits per heavy atom. The highest BCUT2D eigenvalue weighted by molar-refractivity contribution is 5.68. The molecule has 1 aromatic carbocycles. The molecule has 5 heterocycles. The Labute approximate surface area is 189 Å². The number of hydrogen-bond donors (Lipinski definition) is 1. The number of aromatic nitrogens is 3. The minimum absolute atomic E-state index is 0.661. The Hall–Kier alpha value is -3.06. The van der Waals surface area contributed by atoms with Crippen molar-refractivity contribution in [3.8, 4) is 11.4 Å². The molecule has 3 aliphatic heterocycles. The van der Waals surface area contributed by atoms with E-state index < -0.39 is 0 Å². The maximum atomic E-state index is 4.93. The van der Waals surface area contributed by atoms with Crippen molar-refractivity contribution in [3.05, 3.63) is 48.2 Å². The quantitative estimate of drug-likeness (QED) is 0.684. The van der Waals surface area contributed by atoms with Gasteiger partial charge in [-0.05, 0) is 62.7 Å². The number of fused-ring (bicyclic) bond motifs is 3. The van der Waals surface area contributed by atoms with E-state index in [1.54, 1.807) is 0 Å². The first-order valence-corrected chi connectivity index (χ1v) is 11.9. The van der Waals surface area contributed by atoms with Gasteiger partial charge in [0.25, 0.3) is 0 Å². The SMILES string of the molecule is CN1CCN(c2ccc(Nc3ncc4c(n3)-c3ccc(N5CCCC5)n3CC4)cc2)CC1. The topological polar surface area (TPSA) is 52.5 Å². The molecule has 3 aliphatic rings. The smallest absolute Gasteiger partial charge is 0.227 e. The average Bonchev–Trinajstić information content (AvgIpc) is 3.50. The summed E-state index contributed by atoms with van der Waals surface area (Å²) in [7, 11) is 2.19. The van der Waals surface area contributed by atoms with Gasteiger partial charge >= 0.3 is 0 Å². The standard InChI is InChI=1S/C25H31N7/c1-29-14-16-30(17-15-29)21-6-4-20(5-7-21)27-25-26-18-19-10-13-32-22(24(19)28-25)8-9-23(32)31-11-2-3-12-31/h4-9,18H,2-3,10-17H2,1H3,(H,26,27,28). The number of anilines is 4. The molecule has 1 N–H and O–H groups in total. The zero-order chi connectivity index (χ0) is 21.5. The summed E-state index contributed by atoms with van der Waals surface area (Å²) in [6.45, 7) is 7.72. The van der Waals surface area contributed by atoms with Crippen molar-refractivity contribution in [2.45, 2.75) is 25.8 Å². The fourth-order valence-corrected chi connectivity index (χ4v) is 5.17. The van der Waals surface area contributed by atoms with Crippen LogP contribution in [0.5, 0.6) is 0 Å². The molecule has 6 rings (SSSR count). The monoisotopic (exact) mass is 429 g/mol. The third-order valence-electron chi connectivity index (χ3n) is 7.09. The van der Waals surface area contributed by atoms with Crippen molar-refractivity contribution in [2.24, 2.45) is 0 Å². The number of likely N-dealkylation sites (N-methyl/N-ethyl adjacent to an activating group) is 1. The fraction of sp³-hybridized carbons (Fsp3) is 0.440. The number of nitrogens with one attached hydrogen (secondary N) is 1. The van der Waals surface area contributed by atoms with Crippen LogP contribution in [0.15, 0.2) is 42.6 Å². The Bertz CT molecular complexity index is 1090. The number of benzene rings is 1. The first kappa shape index (κ1) is 19.6. The van der Waals surface area contributed by atoms with E-state index >= 15 is 0 Å². The normalized spacial score (nSPS) is 18.5. The number of rotatable bonds is 4. The van der Waals surface area contributed by atoms with E-state index in [0.717, 1.165) is 63.6 Å². The van der Waals surface area contributed by atoms with Gasteiger partial charge in [-0.15, -0.1) is 0 Å². The lowest BCUT2D eigenvalue weighted by Gasteiger charge is -2.34. The number of piperazine rings is 1. The van der Waals surface area contributed by atoms with Crippen LogP contribution in [0.2, 0.25) is 0 Å². The molecule has 0 saturated carbocycles. The van der Waals surface area contributed by atoms with Crippen LogP contribution in [-0.2, 0) is 13.0 Å². The van der Waals surface area contributed by atoms with Crippen LogP contribution in [0.25, 0.3) is 11.4 Å². The summed E-state index contributed by atoms with van der Waals surface area (Å²) in [4.78, 5) is 16.9. The third kappa shape index (κ3) is 3.60. The summed E-state index contributed by atoms with van der Waals surface area (Å²) in [5, 5.41) is 3.42. The van der Waals surface area contributed by atoms with Crippen LogP contribution in [0.1, 0.15) is 18.4 Å². The predicted octanol–water partition coefficient (Wildman–Crippen LogP) is 3.60. The van der Waals surface area contributed by atoms with Crippen molar-refractivity contribution >= 4 is 23.1 Å². The Morgan fingerprint density at radius 3 is 2.38 bits per heavy atom. The van der Waals surface area contributed by atoms with Gasteiger partial charge in [0.15, 0.2) is 0 Å². The van der Waals surface area contributed by atoms with Crippen LogP contribution >= 0.6 is 0 Å². The summed E-state index contributed by atoms with van der Waals surface area (Å²) >= 11 is 0. The molecule has 7 nitrogen and oxygen atoms in total. The minimum Gasteiger partial charge on any atom is -0.369 e. The largest absolute Gasteiger partial charge is 0.369 e. The molecule has 0 radical (unpaired) electrons. The van der Waals surface area contributed by atoms with Gasteiger partial charge < -0.3 is 24.6 Å². The first-order valence-electron chi connectivity index (χ1n) is 11.9. The molecule has 0 amide bonds. The van der Waals surface area contributed by atoms with Crippen LogP contribution < -0.4 is 15.1 Å². The Balaban J connectivity index is 1.21. The first-order chi connectivity index (χ1) is 15.7. The fourth-order valence-electron chi connectivity index (χ4n) is 5.17. The highest BCUT2D eigenvalue weighted by Crippen LogP contribution is 2.35. The number of nitrogens with zero attached hydrogens (tertiary/aromatic N) is 6. The molecular weight excluding hydrogens is 398 g/mol. The van der Waals surface area contributed by atoms with E-state index in [9.17, 15) is 0 Å². The van der Waals surface area contributed by atoms with Gasteiger partial charge in [0.05, 0.1) is 11.4 Å². The van der Waals surface area contributed by atoms with Crippen LogP contribution in [0.4, 0.5) is 23.1 Å². The van der Waals surface area contributed by atoms with E-state index in [2.05, 4.69) is 73.0 Å². The molecule has 0 unspecified atom stereocenters. The summed E-state index contributed by atoms with van der Waals surface area (Å²) in [5.74, 6) is 2.00. The molecule has 2 aromatic heterocycles. The second-order valence-electron chi connectivity index (χ2n) is 9.20. The molecule has 0 spiro atoms. The maximum Gasteiger partial charge on any atom is 0.227 e. The Morgan fingerprint density at radius 1 is 0.812 bits per heavy atom.